The predicted molar refractivity (Wildman–Crippen MR) is 98.8 cm³/mol. The summed E-state index contributed by atoms with van der Waals surface area (Å²) in [6.07, 6.45) is 5.31. The van der Waals surface area contributed by atoms with Crippen LogP contribution in [0.15, 0.2) is 72.4 Å². The number of halogens is 1. The molecular formula is C19H18FN5O. The summed E-state index contributed by atoms with van der Waals surface area (Å²) in [4.78, 5) is 15.9. The van der Waals surface area contributed by atoms with E-state index in [0.717, 1.165) is 11.3 Å². The molecule has 0 unspecified atom stereocenters. The van der Waals surface area contributed by atoms with Gasteiger partial charge >= 0.3 is 0 Å². The lowest BCUT2D eigenvalue weighted by Crippen LogP contribution is -2.26. The van der Waals surface area contributed by atoms with E-state index in [1.807, 2.05) is 42.0 Å². The number of nitrogens with one attached hydrogen (secondary N) is 2. The average molecular weight is 351 g/mol. The zero-order chi connectivity index (χ0) is 18.4. The summed E-state index contributed by atoms with van der Waals surface area (Å²) in [5.41, 5.74) is 5.75. The Morgan fingerprint density at radius 3 is 2.54 bits per heavy atom. The van der Waals surface area contributed by atoms with E-state index in [4.69, 9.17) is 0 Å². The van der Waals surface area contributed by atoms with E-state index in [2.05, 4.69) is 20.8 Å². The van der Waals surface area contributed by atoms with Crippen molar-refractivity contribution >= 4 is 17.3 Å². The van der Waals surface area contributed by atoms with Crippen molar-refractivity contribution < 1.29 is 9.18 Å². The molecule has 0 aliphatic heterocycles. The van der Waals surface area contributed by atoms with Gasteiger partial charge in [0.15, 0.2) is 0 Å². The molecule has 7 heteroatoms. The molecule has 0 fully saturated rings. The number of amides is 1. The Morgan fingerprint density at radius 2 is 1.88 bits per heavy atom. The molecule has 1 heterocycles. The van der Waals surface area contributed by atoms with Crippen molar-refractivity contribution in [1.29, 1.82) is 0 Å². The molecule has 2 aromatic carbocycles. The number of imidazole rings is 1. The lowest BCUT2D eigenvalue weighted by Gasteiger charge is -2.07. The van der Waals surface area contributed by atoms with Crippen LogP contribution < -0.4 is 10.7 Å². The number of hydrazone groups is 1. The van der Waals surface area contributed by atoms with Crippen molar-refractivity contribution in [3.05, 3.63) is 78.6 Å². The maximum atomic E-state index is 12.8. The summed E-state index contributed by atoms with van der Waals surface area (Å²) in [6, 6.07) is 13.6. The number of hydrogen-bond donors (Lipinski definition) is 2. The van der Waals surface area contributed by atoms with Gasteiger partial charge in [-0.25, -0.2) is 14.8 Å². The standard InChI is InChI=1S/C19H18FN5O/c1-14(15-2-8-18(9-3-15)25-11-10-21-13-25)23-24-19(26)12-22-17-6-4-16(20)5-7-17/h2-11,13,22H,12H2,1H3,(H,24,26)/b23-14+. The van der Waals surface area contributed by atoms with Crippen molar-refractivity contribution in [3.8, 4) is 5.69 Å². The van der Waals surface area contributed by atoms with E-state index >= 15 is 0 Å². The monoisotopic (exact) mass is 351 g/mol. The molecule has 1 amide bonds. The van der Waals surface area contributed by atoms with Gasteiger partial charge in [0.05, 0.1) is 18.6 Å². The third-order valence-corrected chi connectivity index (χ3v) is 3.73. The second-order valence-electron chi connectivity index (χ2n) is 5.61. The van der Waals surface area contributed by atoms with Gasteiger partial charge in [0.2, 0.25) is 0 Å². The number of carbonyl (C=O) groups excluding carboxylic acids is 1. The van der Waals surface area contributed by atoms with Crippen LogP contribution in [0.3, 0.4) is 0 Å². The molecule has 132 valence electrons. The summed E-state index contributed by atoms with van der Waals surface area (Å²) in [6.45, 7) is 1.86. The molecule has 0 aliphatic carbocycles. The number of benzene rings is 2. The van der Waals surface area contributed by atoms with Gasteiger partial charge in [0.1, 0.15) is 5.82 Å². The molecule has 2 N–H and O–H groups in total. The topological polar surface area (TPSA) is 71.3 Å². The van der Waals surface area contributed by atoms with E-state index in [-0.39, 0.29) is 18.3 Å². The molecule has 1 aromatic heterocycles. The summed E-state index contributed by atoms with van der Waals surface area (Å²) in [5.74, 6) is -0.608. The molecule has 0 aliphatic rings. The molecule has 3 rings (SSSR count). The third-order valence-electron chi connectivity index (χ3n) is 3.73. The van der Waals surface area contributed by atoms with Gasteiger partial charge in [-0.3, -0.25) is 4.79 Å². The molecule has 0 spiro atoms. The minimum atomic E-state index is -0.320. The highest BCUT2D eigenvalue weighted by molar-refractivity contribution is 5.99. The first-order valence-corrected chi connectivity index (χ1v) is 8.03. The maximum absolute atomic E-state index is 12.8. The van der Waals surface area contributed by atoms with Crippen molar-refractivity contribution in [2.75, 3.05) is 11.9 Å². The Labute approximate surface area is 150 Å². The van der Waals surface area contributed by atoms with Crippen LogP contribution in [-0.4, -0.2) is 27.7 Å². The summed E-state index contributed by atoms with van der Waals surface area (Å²) in [7, 11) is 0. The molecule has 3 aromatic rings. The Balaban J connectivity index is 1.54. The number of rotatable bonds is 6. The highest BCUT2D eigenvalue weighted by atomic mass is 19.1. The zero-order valence-electron chi connectivity index (χ0n) is 14.2. The van der Waals surface area contributed by atoms with Gasteiger partial charge < -0.3 is 9.88 Å². The van der Waals surface area contributed by atoms with Crippen LogP contribution in [0.25, 0.3) is 5.69 Å². The first kappa shape index (κ1) is 17.3. The van der Waals surface area contributed by atoms with Crippen LogP contribution in [0.2, 0.25) is 0 Å². The first-order chi connectivity index (χ1) is 12.6. The number of anilines is 1. The molecule has 0 radical (unpaired) electrons. The van der Waals surface area contributed by atoms with Gasteiger partial charge in [-0.05, 0) is 48.9 Å². The second-order valence-corrected chi connectivity index (χ2v) is 5.61. The Kier molecular flexibility index (Phi) is 5.38. The Hall–Kier alpha value is -3.48. The van der Waals surface area contributed by atoms with Gasteiger partial charge in [0, 0.05) is 23.8 Å². The minimum absolute atomic E-state index is 0.0436. The SMILES string of the molecule is C/C(=N\NC(=O)CNc1ccc(F)cc1)c1ccc(-n2ccnc2)cc1. The number of carbonyl (C=O) groups is 1. The van der Waals surface area contributed by atoms with Crippen LogP contribution in [0, 0.1) is 5.82 Å². The summed E-state index contributed by atoms with van der Waals surface area (Å²) >= 11 is 0. The number of hydrogen-bond acceptors (Lipinski definition) is 4. The second kappa shape index (κ2) is 8.06. The quantitative estimate of drug-likeness (QED) is 0.530. The normalized spacial score (nSPS) is 11.2. The van der Waals surface area contributed by atoms with Crippen LogP contribution in [0.5, 0.6) is 0 Å². The van der Waals surface area contributed by atoms with E-state index in [1.54, 1.807) is 24.7 Å². The van der Waals surface area contributed by atoms with Gasteiger partial charge in [0.25, 0.3) is 5.91 Å². The summed E-state index contributed by atoms with van der Waals surface area (Å²) in [5, 5.41) is 7.01. The van der Waals surface area contributed by atoms with Crippen molar-refractivity contribution in [3.63, 3.8) is 0 Å². The molecule has 0 atom stereocenters. The van der Waals surface area contributed by atoms with E-state index in [9.17, 15) is 9.18 Å². The van der Waals surface area contributed by atoms with E-state index in [1.165, 1.54) is 12.1 Å². The smallest absolute Gasteiger partial charge is 0.259 e. The fourth-order valence-corrected chi connectivity index (χ4v) is 2.29. The Bertz CT molecular complexity index is 887. The first-order valence-electron chi connectivity index (χ1n) is 8.03. The number of aromatic nitrogens is 2. The van der Waals surface area contributed by atoms with Gasteiger partial charge in [-0.2, -0.15) is 5.10 Å². The number of nitrogens with zero attached hydrogens (tertiary/aromatic N) is 3. The van der Waals surface area contributed by atoms with Crippen molar-refractivity contribution in [2.45, 2.75) is 6.92 Å². The largest absolute Gasteiger partial charge is 0.376 e. The highest BCUT2D eigenvalue weighted by Gasteiger charge is 2.03. The molecule has 6 nitrogen and oxygen atoms in total. The predicted octanol–water partition coefficient (Wildman–Crippen LogP) is 2.96. The lowest BCUT2D eigenvalue weighted by atomic mass is 10.1. The van der Waals surface area contributed by atoms with E-state index in [0.29, 0.717) is 11.4 Å². The van der Waals surface area contributed by atoms with Crippen molar-refractivity contribution in [1.82, 2.24) is 15.0 Å². The summed E-state index contributed by atoms with van der Waals surface area (Å²) < 4.78 is 14.7. The minimum Gasteiger partial charge on any atom is -0.376 e. The highest BCUT2D eigenvalue weighted by Crippen LogP contribution is 2.10. The van der Waals surface area contributed by atoms with Gasteiger partial charge in [-0.15, -0.1) is 0 Å². The van der Waals surface area contributed by atoms with Crippen LogP contribution in [0.1, 0.15) is 12.5 Å². The molecular weight excluding hydrogens is 333 g/mol. The van der Waals surface area contributed by atoms with Crippen molar-refractivity contribution in [2.24, 2.45) is 5.10 Å². The Morgan fingerprint density at radius 1 is 1.15 bits per heavy atom. The zero-order valence-corrected chi connectivity index (χ0v) is 14.2. The third kappa shape index (κ3) is 4.54. The fraction of sp³-hybridized carbons (Fsp3) is 0.105. The van der Waals surface area contributed by atoms with Gasteiger partial charge in [-0.1, -0.05) is 12.1 Å². The van der Waals surface area contributed by atoms with Crippen LogP contribution in [-0.2, 0) is 4.79 Å². The van der Waals surface area contributed by atoms with Crippen LogP contribution >= 0.6 is 0 Å². The van der Waals surface area contributed by atoms with E-state index < -0.39 is 0 Å². The molecule has 0 saturated carbocycles. The molecule has 26 heavy (non-hydrogen) atoms. The fourth-order valence-electron chi connectivity index (χ4n) is 2.29. The lowest BCUT2D eigenvalue weighted by molar-refractivity contribution is -0.119. The van der Waals surface area contributed by atoms with Crippen LogP contribution in [0.4, 0.5) is 10.1 Å². The molecule has 0 saturated heterocycles. The average Bonchev–Trinajstić information content (AvgIpc) is 3.20. The maximum Gasteiger partial charge on any atom is 0.259 e. The molecule has 0 bridgehead atoms.